The van der Waals surface area contributed by atoms with Crippen LogP contribution in [0.3, 0.4) is 0 Å². The normalized spacial score (nSPS) is 30.4. The molecule has 4 nitrogen and oxygen atoms in total. The van der Waals surface area contributed by atoms with E-state index >= 15 is 0 Å². The zero-order valence-corrected chi connectivity index (χ0v) is 12.5. The van der Waals surface area contributed by atoms with Crippen molar-refractivity contribution in [1.82, 2.24) is 14.9 Å². The van der Waals surface area contributed by atoms with Crippen LogP contribution in [0.1, 0.15) is 70.2 Å². The molecule has 0 aromatic carbocycles. The SMILES string of the molecule is CC(C)c1nccn1C1CCCC(C#N)(NC2CC2)C1. The van der Waals surface area contributed by atoms with Crippen LogP contribution in [0, 0.1) is 11.3 Å². The first-order valence-electron chi connectivity index (χ1n) is 7.85. The summed E-state index contributed by atoms with van der Waals surface area (Å²) in [6.45, 7) is 4.36. The van der Waals surface area contributed by atoms with Crippen LogP contribution in [0.4, 0.5) is 0 Å². The molecule has 0 saturated heterocycles. The highest BCUT2D eigenvalue weighted by molar-refractivity contribution is 5.14. The largest absolute Gasteiger partial charge is 0.332 e. The van der Waals surface area contributed by atoms with Gasteiger partial charge < -0.3 is 4.57 Å². The molecular formula is C16H24N4. The summed E-state index contributed by atoms with van der Waals surface area (Å²) < 4.78 is 2.31. The van der Waals surface area contributed by atoms with E-state index in [9.17, 15) is 5.26 Å². The van der Waals surface area contributed by atoms with Gasteiger partial charge in [0.25, 0.3) is 0 Å². The number of nitrogens with one attached hydrogen (secondary N) is 1. The van der Waals surface area contributed by atoms with E-state index < -0.39 is 0 Å². The van der Waals surface area contributed by atoms with Gasteiger partial charge in [-0.25, -0.2) is 4.98 Å². The second kappa shape index (κ2) is 5.21. The van der Waals surface area contributed by atoms with E-state index in [2.05, 4.69) is 41.0 Å². The Morgan fingerprint density at radius 1 is 1.45 bits per heavy atom. The van der Waals surface area contributed by atoms with Crippen LogP contribution >= 0.6 is 0 Å². The topological polar surface area (TPSA) is 53.6 Å². The fourth-order valence-corrected chi connectivity index (χ4v) is 3.45. The maximum absolute atomic E-state index is 9.67. The zero-order valence-electron chi connectivity index (χ0n) is 12.5. The number of hydrogen-bond donors (Lipinski definition) is 1. The molecule has 0 aliphatic heterocycles. The predicted molar refractivity (Wildman–Crippen MR) is 78.3 cm³/mol. The Kier molecular flexibility index (Phi) is 3.55. The lowest BCUT2D eigenvalue weighted by molar-refractivity contribution is 0.225. The monoisotopic (exact) mass is 272 g/mol. The number of rotatable bonds is 4. The third kappa shape index (κ3) is 2.60. The second-order valence-corrected chi connectivity index (χ2v) is 6.71. The van der Waals surface area contributed by atoms with Gasteiger partial charge in [0, 0.05) is 30.4 Å². The molecule has 20 heavy (non-hydrogen) atoms. The van der Waals surface area contributed by atoms with Crippen molar-refractivity contribution in [3.8, 4) is 6.07 Å². The minimum atomic E-state index is -0.317. The van der Waals surface area contributed by atoms with E-state index in [1.165, 1.54) is 12.8 Å². The number of nitrogens with zero attached hydrogens (tertiary/aromatic N) is 3. The molecule has 0 radical (unpaired) electrons. The lowest BCUT2D eigenvalue weighted by Gasteiger charge is -2.38. The quantitative estimate of drug-likeness (QED) is 0.916. The molecule has 2 aliphatic rings. The molecule has 2 atom stereocenters. The fraction of sp³-hybridized carbons (Fsp3) is 0.750. The van der Waals surface area contributed by atoms with E-state index in [0.29, 0.717) is 18.0 Å². The molecule has 2 aliphatic carbocycles. The molecule has 0 amide bonds. The van der Waals surface area contributed by atoms with Crippen LogP contribution < -0.4 is 5.32 Å². The van der Waals surface area contributed by atoms with E-state index in [1.54, 1.807) is 0 Å². The lowest BCUT2D eigenvalue weighted by atomic mass is 9.79. The lowest BCUT2D eigenvalue weighted by Crippen LogP contribution is -2.49. The van der Waals surface area contributed by atoms with Crippen molar-refractivity contribution in [2.75, 3.05) is 0 Å². The molecule has 1 aromatic rings. The Balaban J connectivity index is 1.80. The number of aromatic nitrogens is 2. The predicted octanol–water partition coefficient (Wildman–Crippen LogP) is 3.14. The Morgan fingerprint density at radius 3 is 2.90 bits per heavy atom. The minimum Gasteiger partial charge on any atom is -0.332 e. The Labute approximate surface area is 121 Å². The molecule has 0 bridgehead atoms. The third-order valence-corrected chi connectivity index (χ3v) is 4.61. The molecule has 3 rings (SSSR count). The fourth-order valence-electron chi connectivity index (χ4n) is 3.45. The number of hydrogen-bond acceptors (Lipinski definition) is 3. The summed E-state index contributed by atoms with van der Waals surface area (Å²) in [6.07, 6.45) is 10.6. The van der Waals surface area contributed by atoms with Crippen molar-refractivity contribution in [1.29, 1.82) is 5.26 Å². The maximum Gasteiger partial charge on any atom is 0.111 e. The van der Waals surface area contributed by atoms with Gasteiger partial charge in [-0.05, 0) is 38.5 Å². The molecule has 108 valence electrons. The van der Waals surface area contributed by atoms with E-state index in [4.69, 9.17) is 0 Å². The first-order chi connectivity index (χ1) is 9.63. The van der Waals surface area contributed by atoms with Crippen LogP contribution in [0.2, 0.25) is 0 Å². The summed E-state index contributed by atoms with van der Waals surface area (Å²) in [5, 5.41) is 13.3. The summed E-state index contributed by atoms with van der Waals surface area (Å²) in [5.41, 5.74) is -0.317. The van der Waals surface area contributed by atoms with Gasteiger partial charge in [-0.1, -0.05) is 13.8 Å². The van der Waals surface area contributed by atoms with Crippen LogP contribution in [0.25, 0.3) is 0 Å². The highest BCUT2D eigenvalue weighted by Gasteiger charge is 2.41. The molecular weight excluding hydrogens is 248 g/mol. The van der Waals surface area contributed by atoms with Crippen molar-refractivity contribution in [2.45, 2.75) is 75.9 Å². The van der Waals surface area contributed by atoms with Crippen molar-refractivity contribution >= 4 is 0 Å². The van der Waals surface area contributed by atoms with E-state index in [1.807, 2.05) is 6.20 Å². The van der Waals surface area contributed by atoms with Gasteiger partial charge in [-0.3, -0.25) is 5.32 Å². The van der Waals surface area contributed by atoms with Gasteiger partial charge in [-0.2, -0.15) is 5.26 Å². The molecule has 2 saturated carbocycles. The van der Waals surface area contributed by atoms with Gasteiger partial charge in [0.15, 0.2) is 0 Å². The highest BCUT2D eigenvalue weighted by Crippen LogP contribution is 2.38. The third-order valence-electron chi connectivity index (χ3n) is 4.61. The molecule has 4 heteroatoms. The highest BCUT2D eigenvalue weighted by atomic mass is 15.1. The molecule has 1 aromatic heterocycles. The Hall–Kier alpha value is -1.34. The first-order valence-corrected chi connectivity index (χ1v) is 7.85. The van der Waals surface area contributed by atoms with Gasteiger partial charge in [0.1, 0.15) is 11.4 Å². The summed E-state index contributed by atoms with van der Waals surface area (Å²) in [7, 11) is 0. The van der Waals surface area contributed by atoms with Crippen molar-refractivity contribution < 1.29 is 0 Å². The van der Waals surface area contributed by atoms with Crippen LogP contribution in [-0.4, -0.2) is 21.1 Å². The van der Waals surface area contributed by atoms with Gasteiger partial charge in [0.2, 0.25) is 0 Å². The molecule has 2 unspecified atom stereocenters. The second-order valence-electron chi connectivity index (χ2n) is 6.71. The van der Waals surface area contributed by atoms with Crippen LogP contribution in [0.15, 0.2) is 12.4 Å². The Morgan fingerprint density at radius 2 is 2.25 bits per heavy atom. The van der Waals surface area contributed by atoms with Crippen LogP contribution in [-0.2, 0) is 0 Å². The molecule has 0 spiro atoms. The van der Waals surface area contributed by atoms with E-state index in [0.717, 1.165) is 31.5 Å². The average molecular weight is 272 g/mol. The molecule has 1 N–H and O–H groups in total. The van der Waals surface area contributed by atoms with Gasteiger partial charge >= 0.3 is 0 Å². The van der Waals surface area contributed by atoms with Crippen molar-refractivity contribution in [2.24, 2.45) is 0 Å². The minimum absolute atomic E-state index is 0.317. The summed E-state index contributed by atoms with van der Waals surface area (Å²) >= 11 is 0. The van der Waals surface area contributed by atoms with Crippen LogP contribution in [0.5, 0.6) is 0 Å². The van der Waals surface area contributed by atoms with E-state index in [-0.39, 0.29) is 5.54 Å². The van der Waals surface area contributed by atoms with Gasteiger partial charge in [0.05, 0.1) is 6.07 Å². The summed E-state index contributed by atoms with van der Waals surface area (Å²) in [5.74, 6) is 1.58. The standard InChI is InChI=1S/C16H24N4/c1-12(2)15-18-8-9-20(15)14-4-3-7-16(10-14,11-17)19-13-5-6-13/h8-9,12-14,19H,3-7,10H2,1-2H3. The maximum atomic E-state index is 9.67. The Bertz CT molecular complexity index is 509. The molecule has 1 heterocycles. The average Bonchev–Trinajstić information content (AvgIpc) is 3.10. The molecule has 2 fully saturated rings. The summed E-state index contributed by atoms with van der Waals surface area (Å²) in [6, 6.07) is 3.58. The number of imidazole rings is 1. The summed E-state index contributed by atoms with van der Waals surface area (Å²) in [4.78, 5) is 4.50. The number of nitriles is 1. The first kappa shape index (κ1) is 13.6. The van der Waals surface area contributed by atoms with Gasteiger partial charge in [-0.15, -0.1) is 0 Å². The van der Waals surface area contributed by atoms with Crippen molar-refractivity contribution in [3.05, 3.63) is 18.2 Å². The smallest absolute Gasteiger partial charge is 0.111 e. The zero-order chi connectivity index (χ0) is 14.2. The van der Waals surface area contributed by atoms with Crippen molar-refractivity contribution in [3.63, 3.8) is 0 Å².